The van der Waals surface area contributed by atoms with Crippen LogP contribution < -0.4 is 20.5 Å². The molecule has 2 aliphatic rings. The fraction of sp³-hybridized carbons (Fsp3) is 0.345. The van der Waals surface area contributed by atoms with E-state index in [1.165, 1.54) is 0 Å². The Morgan fingerprint density at radius 1 is 0.846 bits per heavy atom. The summed E-state index contributed by atoms with van der Waals surface area (Å²) in [6.07, 6.45) is 9.73. The van der Waals surface area contributed by atoms with E-state index in [1.807, 2.05) is 48.5 Å². The zero-order valence-electron chi connectivity index (χ0n) is 21.6. The number of nitrogens with one attached hydrogen (secondary N) is 2. The molecule has 2 saturated carbocycles. The van der Waals surface area contributed by atoms with Crippen LogP contribution >= 0.6 is 0 Å². The van der Waals surface area contributed by atoms with Crippen molar-refractivity contribution in [3.05, 3.63) is 67.0 Å². The molecule has 4 aromatic rings. The fourth-order valence-electron chi connectivity index (χ4n) is 5.17. The van der Waals surface area contributed by atoms with Crippen molar-refractivity contribution < 1.29 is 13.2 Å². The number of sulfonamides is 1. The molecule has 2 aromatic heterocycles. The summed E-state index contributed by atoms with van der Waals surface area (Å²) in [5.74, 6) is 1.54. The van der Waals surface area contributed by atoms with Crippen molar-refractivity contribution in [3.8, 4) is 22.9 Å². The Hall–Kier alpha value is -3.76. The highest BCUT2D eigenvalue weighted by Crippen LogP contribution is 2.37. The molecule has 9 nitrogen and oxygen atoms in total. The molecule has 6 rings (SSSR count). The van der Waals surface area contributed by atoms with Gasteiger partial charge in [-0.2, -0.15) is 0 Å². The summed E-state index contributed by atoms with van der Waals surface area (Å²) in [4.78, 5) is 13.7. The Morgan fingerprint density at radius 2 is 1.64 bits per heavy atom. The number of nitrogens with two attached hydrogens (primary N) is 1. The number of nitrogens with zero attached hydrogens (tertiary/aromatic N) is 3. The monoisotopic (exact) mass is 544 g/mol. The molecular weight excluding hydrogens is 512 g/mol. The lowest BCUT2D eigenvalue weighted by Gasteiger charge is -2.26. The van der Waals surface area contributed by atoms with Crippen LogP contribution in [0.2, 0.25) is 0 Å². The minimum atomic E-state index is -3.43. The van der Waals surface area contributed by atoms with Crippen LogP contribution in [0.25, 0.3) is 22.0 Å². The molecule has 202 valence electrons. The van der Waals surface area contributed by atoms with Gasteiger partial charge in [-0.1, -0.05) is 30.7 Å². The van der Waals surface area contributed by atoms with Gasteiger partial charge in [-0.25, -0.2) is 23.4 Å². The lowest BCUT2D eigenvalue weighted by Crippen LogP contribution is -2.33. The molecule has 0 unspecified atom stereocenters. The number of pyridine rings is 1. The predicted octanol–water partition coefficient (Wildman–Crippen LogP) is 5.46. The first-order valence-electron chi connectivity index (χ1n) is 13.5. The summed E-state index contributed by atoms with van der Waals surface area (Å²) in [6, 6.07) is 17.3. The molecule has 2 aliphatic carbocycles. The predicted molar refractivity (Wildman–Crippen MR) is 153 cm³/mol. The van der Waals surface area contributed by atoms with Gasteiger partial charge in [0, 0.05) is 35.2 Å². The molecule has 0 radical (unpaired) electrons. The molecule has 0 atom stereocenters. The number of hydrogen-bond donors (Lipinski definition) is 3. The van der Waals surface area contributed by atoms with Gasteiger partial charge in [0.2, 0.25) is 21.9 Å². The zero-order valence-corrected chi connectivity index (χ0v) is 22.4. The quantitative estimate of drug-likeness (QED) is 0.266. The SMILES string of the molecule is NC1CCC(Nc2nccc(-c3cccnc3Oc3cccc4c(NS(=O)(=O)C5CCC5)cccc34)n2)CC1. The van der Waals surface area contributed by atoms with Crippen molar-refractivity contribution in [1.29, 1.82) is 0 Å². The summed E-state index contributed by atoms with van der Waals surface area (Å²) < 4.78 is 34.8. The van der Waals surface area contributed by atoms with E-state index >= 15 is 0 Å². The maximum Gasteiger partial charge on any atom is 0.235 e. The normalized spacial score (nSPS) is 19.8. The van der Waals surface area contributed by atoms with E-state index in [1.54, 1.807) is 18.5 Å². The van der Waals surface area contributed by atoms with Crippen LogP contribution in [-0.4, -0.2) is 40.7 Å². The Morgan fingerprint density at radius 3 is 2.44 bits per heavy atom. The average molecular weight is 545 g/mol. The molecule has 0 bridgehead atoms. The minimum absolute atomic E-state index is 0.276. The van der Waals surface area contributed by atoms with Gasteiger partial charge in [-0.3, -0.25) is 4.72 Å². The molecular formula is C29H32N6O3S. The van der Waals surface area contributed by atoms with E-state index in [-0.39, 0.29) is 11.3 Å². The van der Waals surface area contributed by atoms with E-state index in [0.29, 0.717) is 47.8 Å². The van der Waals surface area contributed by atoms with Crippen molar-refractivity contribution >= 4 is 32.4 Å². The van der Waals surface area contributed by atoms with Crippen LogP contribution in [0.1, 0.15) is 44.9 Å². The van der Waals surface area contributed by atoms with Crippen LogP contribution in [-0.2, 0) is 10.0 Å². The van der Waals surface area contributed by atoms with Crippen molar-refractivity contribution in [3.63, 3.8) is 0 Å². The zero-order chi connectivity index (χ0) is 26.8. The van der Waals surface area contributed by atoms with E-state index in [2.05, 4.69) is 20.0 Å². The lowest BCUT2D eigenvalue weighted by atomic mass is 9.92. The first kappa shape index (κ1) is 25.5. The standard InChI is InChI=1S/C29H32N6O3S/c30-19-12-14-20(15-13-19)33-29-32-18-16-25(34-29)24-9-4-17-31-28(24)38-27-11-3-7-22-23(27)8-2-10-26(22)35-39(36,37)21-5-1-6-21/h2-4,7-11,16-21,35H,1,5-6,12-15,30H2,(H,32,33,34). The van der Waals surface area contributed by atoms with Crippen molar-refractivity contribution in [2.24, 2.45) is 5.73 Å². The van der Waals surface area contributed by atoms with Gasteiger partial charge in [0.25, 0.3) is 0 Å². The van der Waals surface area contributed by atoms with E-state index < -0.39 is 10.0 Å². The number of anilines is 2. The Balaban J connectivity index is 1.28. The van der Waals surface area contributed by atoms with E-state index in [0.717, 1.165) is 48.4 Å². The van der Waals surface area contributed by atoms with Crippen LogP contribution in [0.5, 0.6) is 11.6 Å². The third-order valence-electron chi connectivity index (χ3n) is 7.64. The summed E-state index contributed by atoms with van der Waals surface area (Å²) in [5.41, 5.74) is 8.01. The minimum Gasteiger partial charge on any atom is -0.438 e. The molecule has 2 aromatic carbocycles. The number of fused-ring (bicyclic) bond motifs is 1. The highest BCUT2D eigenvalue weighted by molar-refractivity contribution is 7.93. The number of rotatable bonds is 8. The van der Waals surface area contributed by atoms with Crippen molar-refractivity contribution in [2.45, 2.75) is 62.3 Å². The smallest absolute Gasteiger partial charge is 0.235 e. The first-order valence-corrected chi connectivity index (χ1v) is 15.0. The van der Waals surface area contributed by atoms with Gasteiger partial charge in [0.05, 0.1) is 22.2 Å². The summed E-state index contributed by atoms with van der Waals surface area (Å²) in [6.45, 7) is 0. The first-order chi connectivity index (χ1) is 19.0. The number of ether oxygens (including phenoxy) is 1. The fourth-order valence-corrected chi connectivity index (χ4v) is 6.78. The molecule has 39 heavy (non-hydrogen) atoms. The van der Waals surface area contributed by atoms with Gasteiger partial charge < -0.3 is 15.8 Å². The maximum atomic E-state index is 12.8. The Kier molecular flexibility index (Phi) is 7.05. The Labute approximate surface area is 228 Å². The third kappa shape index (κ3) is 5.53. The average Bonchev–Trinajstić information content (AvgIpc) is 2.90. The third-order valence-corrected chi connectivity index (χ3v) is 9.49. The molecule has 0 aliphatic heterocycles. The Bertz CT molecular complexity index is 1580. The molecule has 0 spiro atoms. The second-order valence-electron chi connectivity index (χ2n) is 10.3. The van der Waals surface area contributed by atoms with E-state index in [4.69, 9.17) is 15.5 Å². The highest BCUT2D eigenvalue weighted by Gasteiger charge is 2.31. The molecule has 0 amide bonds. The lowest BCUT2D eigenvalue weighted by molar-refractivity contribution is 0.410. The molecule has 4 N–H and O–H groups in total. The number of aromatic nitrogens is 3. The van der Waals surface area contributed by atoms with Gasteiger partial charge in [-0.05, 0) is 68.9 Å². The second kappa shape index (κ2) is 10.8. The van der Waals surface area contributed by atoms with Gasteiger partial charge >= 0.3 is 0 Å². The van der Waals surface area contributed by atoms with Gasteiger partial charge in [-0.15, -0.1) is 0 Å². The molecule has 10 heteroatoms. The number of hydrogen-bond acceptors (Lipinski definition) is 8. The summed E-state index contributed by atoms with van der Waals surface area (Å²) >= 11 is 0. The number of benzene rings is 2. The topological polar surface area (TPSA) is 132 Å². The van der Waals surface area contributed by atoms with Crippen LogP contribution in [0.3, 0.4) is 0 Å². The maximum absolute atomic E-state index is 12.8. The summed E-state index contributed by atoms with van der Waals surface area (Å²) in [5, 5.41) is 4.66. The van der Waals surface area contributed by atoms with Crippen LogP contribution in [0.15, 0.2) is 67.0 Å². The van der Waals surface area contributed by atoms with Crippen LogP contribution in [0, 0.1) is 0 Å². The molecule has 2 heterocycles. The van der Waals surface area contributed by atoms with Gasteiger partial charge in [0.1, 0.15) is 5.75 Å². The second-order valence-corrected chi connectivity index (χ2v) is 12.3. The largest absolute Gasteiger partial charge is 0.438 e. The van der Waals surface area contributed by atoms with Gasteiger partial charge in [0.15, 0.2) is 0 Å². The highest BCUT2D eigenvalue weighted by atomic mass is 32.2. The van der Waals surface area contributed by atoms with Crippen LogP contribution in [0.4, 0.5) is 11.6 Å². The van der Waals surface area contributed by atoms with Crippen molar-refractivity contribution in [1.82, 2.24) is 15.0 Å². The summed E-state index contributed by atoms with van der Waals surface area (Å²) in [7, 11) is -3.43. The molecule has 0 saturated heterocycles. The van der Waals surface area contributed by atoms with E-state index in [9.17, 15) is 8.42 Å². The van der Waals surface area contributed by atoms with Crippen molar-refractivity contribution in [2.75, 3.05) is 10.0 Å². The molecule has 2 fully saturated rings.